The number of rotatable bonds is 4. The van der Waals surface area contributed by atoms with Gasteiger partial charge in [-0.3, -0.25) is 9.59 Å². The summed E-state index contributed by atoms with van der Waals surface area (Å²) < 4.78 is 22.8. The highest BCUT2D eigenvalue weighted by molar-refractivity contribution is 5.84. The van der Waals surface area contributed by atoms with E-state index in [2.05, 4.69) is 0 Å². The summed E-state index contributed by atoms with van der Waals surface area (Å²) in [5.74, 6) is -0.883. The molecular weight excluding hydrogens is 364 g/mol. The molecule has 1 aliphatic rings. The highest BCUT2D eigenvalue weighted by Crippen LogP contribution is 2.46. The summed E-state index contributed by atoms with van der Waals surface area (Å²) in [6.07, 6.45) is -1.29. The summed E-state index contributed by atoms with van der Waals surface area (Å²) in [4.78, 5) is 36.2. The van der Waals surface area contributed by atoms with Gasteiger partial charge in [0, 0.05) is 18.4 Å². The summed E-state index contributed by atoms with van der Waals surface area (Å²) in [6.45, 7) is 8.42. The van der Waals surface area contributed by atoms with Crippen LogP contribution in [0.5, 0.6) is 5.75 Å². The molecule has 1 aromatic carbocycles. The average molecular weight is 388 g/mol. The predicted molar refractivity (Wildman–Crippen MR) is 101 cm³/mol. The Bertz CT molecular complexity index is 972. The maximum absolute atomic E-state index is 12.6. The highest BCUT2D eigenvalue weighted by Gasteiger charge is 2.50. The molecule has 3 rings (SSSR count). The van der Waals surface area contributed by atoms with Crippen LogP contribution in [0.15, 0.2) is 33.5 Å². The molecule has 150 valence electrons. The van der Waals surface area contributed by atoms with Gasteiger partial charge in [-0.05, 0) is 38.5 Å². The third kappa shape index (κ3) is 3.61. The first-order valence-corrected chi connectivity index (χ1v) is 9.27. The molecule has 0 fully saturated rings. The van der Waals surface area contributed by atoms with Crippen molar-refractivity contribution in [2.45, 2.75) is 58.8 Å². The second-order valence-corrected chi connectivity index (χ2v) is 7.55. The van der Waals surface area contributed by atoms with E-state index in [4.69, 9.17) is 18.6 Å². The number of esters is 2. The number of fused-ring (bicyclic) bond motifs is 3. The molecule has 0 spiro atoms. The first kappa shape index (κ1) is 19.9. The van der Waals surface area contributed by atoms with Gasteiger partial charge in [0.2, 0.25) is 0 Å². The van der Waals surface area contributed by atoms with Gasteiger partial charge < -0.3 is 18.6 Å². The summed E-state index contributed by atoms with van der Waals surface area (Å²) in [5, 5.41) is 0.646. The second kappa shape index (κ2) is 7.30. The van der Waals surface area contributed by atoms with Crippen LogP contribution in [-0.2, 0) is 19.1 Å². The highest BCUT2D eigenvalue weighted by atomic mass is 16.6. The molecule has 0 bridgehead atoms. The van der Waals surface area contributed by atoms with E-state index in [0.29, 0.717) is 23.1 Å². The monoisotopic (exact) mass is 388 g/mol. The Morgan fingerprint density at radius 1 is 1.18 bits per heavy atom. The largest absolute Gasteiger partial charge is 0.483 e. The quantitative estimate of drug-likeness (QED) is 0.584. The number of carbonyl (C=O) groups excluding carboxylic acids is 2. The molecule has 0 saturated carbocycles. The summed E-state index contributed by atoms with van der Waals surface area (Å²) in [6, 6.07) is 6.42. The van der Waals surface area contributed by atoms with Crippen molar-refractivity contribution in [3.63, 3.8) is 0 Å². The second-order valence-electron chi connectivity index (χ2n) is 7.55. The first-order chi connectivity index (χ1) is 13.1. The molecule has 0 saturated heterocycles. The van der Waals surface area contributed by atoms with Crippen molar-refractivity contribution in [1.29, 1.82) is 0 Å². The van der Waals surface area contributed by atoms with Gasteiger partial charge in [0.1, 0.15) is 16.9 Å². The van der Waals surface area contributed by atoms with E-state index in [1.165, 1.54) is 13.0 Å². The lowest BCUT2D eigenvalue weighted by atomic mass is 9.87. The smallest absolute Gasteiger partial charge is 0.336 e. The number of carbonyl (C=O) groups is 2. The fraction of sp³-hybridized carbons (Fsp3) is 0.476. The van der Waals surface area contributed by atoms with Gasteiger partial charge in [-0.1, -0.05) is 13.8 Å². The summed E-state index contributed by atoms with van der Waals surface area (Å²) >= 11 is 0. The molecule has 7 nitrogen and oxygen atoms in total. The van der Waals surface area contributed by atoms with Crippen molar-refractivity contribution in [2.75, 3.05) is 0 Å². The molecular formula is C21H24O7. The number of ether oxygens (including phenoxy) is 3. The predicted octanol–water partition coefficient (Wildman–Crippen LogP) is 3.53. The van der Waals surface area contributed by atoms with Gasteiger partial charge in [-0.15, -0.1) is 0 Å². The first-order valence-electron chi connectivity index (χ1n) is 9.27. The van der Waals surface area contributed by atoms with E-state index < -0.39 is 35.4 Å². The standard InChI is InChI=1S/C21H24O7/c1-6-11(2)20(24)27-18-16-14(28-21(4,5)19(18)25-12(3)22)9-7-13-8-10-15(23)26-17(13)16/h7-11,18-19H,6H2,1-5H3/t11-,18-,19-/m0/s1. The van der Waals surface area contributed by atoms with Gasteiger partial charge in [0.05, 0.1) is 11.5 Å². The molecule has 0 amide bonds. The Morgan fingerprint density at radius 2 is 1.86 bits per heavy atom. The lowest BCUT2D eigenvalue weighted by molar-refractivity contribution is -0.191. The minimum atomic E-state index is -0.974. The van der Waals surface area contributed by atoms with Gasteiger partial charge >= 0.3 is 17.6 Å². The zero-order chi connectivity index (χ0) is 20.6. The average Bonchev–Trinajstić information content (AvgIpc) is 2.62. The van der Waals surface area contributed by atoms with E-state index in [1.807, 2.05) is 6.92 Å². The minimum Gasteiger partial charge on any atom is -0.483 e. The Kier molecular flexibility index (Phi) is 5.19. The number of benzene rings is 1. The third-order valence-corrected chi connectivity index (χ3v) is 4.96. The van der Waals surface area contributed by atoms with Crippen LogP contribution < -0.4 is 10.4 Å². The van der Waals surface area contributed by atoms with Gasteiger partial charge in [0.15, 0.2) is 12.2 Å². The van der Waals surface area contributed by atoms with Crippen LogP contribution in [0.25, 0.3) is 11.0 Å². The maximum atomic E-state index is 12.6. The lowest BCUT2D eigenvalue weighted by Crippen LogP contribution is -2.52. The topological polar surface area (TPSA) is 92.0 Å². The van der Waals surface area contributed by atoms with Crippen LogP contribution in [-0.4, -0.2) is 23.6 Å². The van der Waals surface area contributed by atoms with Crippen LogP contribution in [0.1, 0.15) is 52.7 Å². The van der Waals surface area contributed by atoms with E-state index in [0.717, 1.165) is 0 Å². The van der Waals surface area contributed by atoms with Crippen LogP contribution in [0.4, 0.5) is 0 Å². The zero-order valence-corrected chi connectivity index (χ0v) is 16.6. The Balaban J connectivity index is 2.22. The molecule has 1 aliphatic heterocycles. The van der Waals surface area contributed by atoms with E-state index in [1.54, 1.807) is 39.0 Å². The van der Waals surface area contributed by atoms with Crippen LogP contribution >= 0.6 is 0 Å². The Hall–Kier alpha value is -2.83. The fourth-order valence-electron chi connectivity index (χ4n) is 3.26. The Labute approximate surface area is 162 Å². The number of hydrogen-bond acceptors (Lipinski definition) is 7. The maximum Gasteiger partial charge on any atom is 0.336 e. The SMILES string of the molecule is CC[C@H](C)C(=O)O[C@H]1c2c(ccc3ccc(=O)oc23)OC(C)(C)[C@H]1OC(C)=O. The van der Waals surface area contributed by atoms with E-state index in [9.17, 15) is 14.4 Å². The molecule has 0 N–H and O–H groups in total. The molecule has 28 heavy (non-hydrogen) atoms. The lowest BCUT2D eigenvalue weighted by Gasteiger charge is -2.43. The van der Waals surface area contributed by atoms with Crippen LogP contribution in [0, 0.1) is 5.92 Å². The van der Waals surface area contributed by atoms with Gasteiger partial charge in [-0.25, -0.2) is 4.79 Å². The van der Waals surface area contributed by atoms with Crippen molar-refractivity contribution in [3.05, 3.63) is 40.2 Å². The van der Waals surface area contributed by atoms with Crippen molar-refractivity contribution >= 4 is 22.9 Å². The summed E-state index contributed by atoms with van der Waals surface area (Å²) in [5.41, 5.74) is -0.874. The Morgan fingerprint density at radius 3 is 2.50 bits per heavy atom. The minimum absolute atomic E-state index is 0.250. The van der Waals surface area contributed by atoms with Crippen LogP contribution in [0.2, 0.25) is 0 Å². The molecule has 2 aromatic rings. The molecule has 0 aliphatic carbocycles. The van der Waals surface area contributed by atoms with E-state index in [-0.39, 0.29) is 11.5 Å². The third-order valence-electron chi connectivity index (χ3n) is 4.96. The fourth-order valence-corrected chi connectivity index (χ4v) is 3.26. The van der Waals surface area contributed by atoms with Gasteiger partial charge in [0.25, 0.3) is 0 Å². The van der Waals surface area contributed by atoms with Crippen molar-refractivity contribution in [1.82, 2.24) is 0 Å². The molecule has 2 heterocycles. The molecule has 1 aromatic heterocycles. The van der Waals surface area contributed by atoms with E-state index >= 15 is 0 Å². The van der Waals surface area contributed by atoms with Crippen molar-refractivity contribution in [3.8, 4) is 5.75 Å². The number of hydrogen-bond donors (Lipinski definition) is 0. The summed E-state index contributed by atoms with van der Waals surface area (Å²) in [7, 11) is 0. The van der Waals surface area contributed by atoms with Crippen molar-refractivity contribution < 1.29 is 28.2 Å². The zero-order valence-electron chi connectivity index (χ0n) is 16.6. The molecule has 3 atom stereocenters. The van der Waals surface area contributed by atoms with Crippen molar-refractivity contribution in [2.24, 2.45) is 5.92 Å². The van der Waals surface area contributed by atoms with Gasteiger partial charge in [-0.2, -0.15) is 0 Å². The molecule has 7 heteroatoms. The molecule has 0 radical (unpaired) electrons. The molecule has 0 unspecified atom stereocenters. The normalized spacial score (nSPS) is 21.3. The van der Waals surface area contributed by atoms with Crippen LogP contribution in [0.3, 0.4) is 0 Å².